The Hall–Kier alpha value is -9.66. The van der Waals surface area contributed by atoms with E-state index >= 15 is 0 Å². The number of aliphatic imine (C=N–C) groups is 1. The van der Waals surface area contributed by atoms with Gasteiger partial charge in [-0.25, -0.2) is 9.69 Å². The summed E-state index contributed by atoms with van der Waals surface area (Å²) in [7, 11) is 2.91. The van der Waals surface area contributed by atoms with E-state index in [2.05, 4.69) is 26.3 Å². The SMILES string of the molecule is C/C=C/C1=CN2C(=O)c3cc(OC)c(OCCCOc4cc5c(cc4OC)C(=O)N4C=C(/C=C/C)C[C@H]4C=N5)cc3N(C(=O)OCc3ccc(NC(=O)[C@H](C)NC(=O)[C@@H](NC(=O)CCOCCOCCOCCOCCNC(=O)CC4=C/C=C\C=C/C=C\4)C(C)C)cc3)[C@@H](O)C2C1. The third-order valence-electron chi connectivity index (χ3n) is 15.9. The van der Waals surface area contributed by atoms with Crippen LogP contribution in [-0.2, 0) is 49.5 Å². The van der Waals surface area contributed by atoms with Gasteiger partial charge < -0.3 is 78.8 Å². The van der Waals surface area contributed by atoms with Gasteiger partial charge in [0.2, 0.25) is 23.6 Å². The van der Waals surface area contributed by atoms with Crippen LogP contribution in [0.2, 0.25) is 0 Å². The Bertz CT molecular complexity index is 3570. The number of nitrogens with one attached hydrogen (secondary N) is 4. The van der Waals surface area contributed by atoms with Crippen LogP contribution in [0.25, 0.3) is 0 Å². The smallest absolute Gasteiger partial charge is 0.416 e. The number of aliphatic hydroxyl groups is 1. The van der Waals surface area contributed by atoms with Crippen LogP contribution >= 0.6 is 0 Å². The molecule has 3 aromatic rings. The second-order valence-electron chi connectivity index (χ2n) is 23.4. The molecule has 0 fully saturated rings. The summed E-state index contributed by atoms with van der Waals surface area (Å²) < 4.78 is 51.8. The number of anilines is 2. The number of aliphatic hydroxyl groups excluding tert-OH is 1. The van der Waals surface area contributed by atoms with Crippen molar-refractivity contribution in [2.75, 3.05) is 97.0 Å². The van der Waals surface area contributed by atoms with Crippen LogP contribution in [-0.4, -0.2) is 180 Å². The molecule has 0 bridgehead atoms. The van der Waals surface area contributed by atoms with Gasteiger partial charge in [0, 0.05) is 55.8 Å². The van der Waals surface area contributed by atoms with Crippen molar-refractivity contribution in [1.29, 1.82) is 0 Å². The summed E-state index contributed by atoms with van der Waals surface area (Å²) >= 11 is 0. The van der Waals surface area contributed by atoms with Gasteiger partial charge in [-0.3, -0.25) is 33.8 Å². The summed E-state index contributed by atoms with van der Waals surface area (Å²) in [4.78, 5) is 103. The van der Waals surface area contributed by atoms with E-state index in [0.717, 1.165) is 21.6 Å². The maximum atomic E-state index is 14.4. The van der Waals surface area contributed by atoms with Gasteiger partial charge in [-0.05, 0) is 86.1 Å². The number of methoxy groups -OCH3 is 2. The highest BCUT2D eigenvalue weighted by atomic mass is 16.6. The monoisotopic (exact) mass is 1340 g/mol. The fourth-order valence-corrected chi connectivity index (χ4v) is 10.9. The fourth-order valence-electron chi connectivity index (χ4n) is 10.9. The van der Waals surface area contributed by atoms with Crippen molar-refractivity contribution in [3.05, 3.63) is 161 Å². The maximum absolute atomic E-state index is 14.4. The summed E-state index contributed by atoms with van der Waals surface area (Å²) in [5.41, 5.74) is 4.50. The fraction of sp³-hybridized carbons (Fsp3) is 0.417. The zero-order chi connectivity index (χ0) is 69.2. The molecule has 5 aliphatic rings. The number of hydrogen-bond acceptors (Lipinski definition) is 18. The number of rotatable bonds is 35. The number of allylic oxidation sites excluding steroid dienone is 11. The summed E-state index contributed by atoms with van der Waals surface area (Å²) in [5.74, 6) is -1.48. The molecule has 4 heterocycles. The van der Waals surface area contributed by atoms with Crippen LogP contribution in [0.3, 0.4) is 0 Å². The lowest BCUT2D eigenvalue weighted by Gasteiger charge is -2.31. The first kappa shape index (κ1) is 73.2. The van der Waals surface area contributed by atoms with Gasteiger partial charge in [-0.15, -0.1) is 0 Å². The maximum Gasteiger partial charge on any atom is 0.416 e. The molecular formula is C72H88N8O17. The predicted molar refractivity (Wildman–Crippen MR) is 364 cm³/mol. The number of benzene rings is 3. The van der Waals surface area contributed by atoms with Gasteiger partial charge >= 0.3 is 6.09 Å². The molecule has 8 rings (SSSR count). The van der Waals surface area contributed by atoms with Crippen LogP contribution < -0.4 is 45.1 Å². The van der Waals surface area contributed by atoms with Crippen molar-refractivity contribution >= 4 is 64.8 Å². The second kappa shape index (κ2) is 37.0. The molecule has 4 aliphatic heterocycles. The van der Waals surface area contributed by atoms with Crippen LogP contribution in [0.5, 0.6) is 23.0 Å². The van der Waals surface area contributed by atoms with E-state index in [1.807, 2.05) is 86.9 Å². The second-order valence-corrected chi connectivity index (χ2v) is 23.4. The van der Waals surface area contributed by atoms with E-state index in [-0.39, 0.29) is 105 Å². The molecule has 97 heavy (non-hydrogen) atoms. The normalized spacial score (nSPS) is 19.1. The van der Waals surface area contributed by atoms with Crippen LogP contribution in [0.4, 0.5) is 21.9 Å². The minimum Gasteiger partial charge on any atom is -0.493 e. The Balaban J connectivity index is 0.760. The van der Waals surface area contributed by atoms with Crippen molar-refractivity contribution < 1.29 is 81.3 Å². The van der Waals surface area contributed by atoms with Crippen molar-refractivity contribution in [2.24, 2.45) is 10.9 Å². The molecule has 518 valence electrons. The van der Waals surface area contributed by atoms with Gasteiger partial charge in [-0.2, -0.15) is 0 Å². The molecule has 1 aliphatic carbocycles. The lowest BCUT2D eigenvalue weighted by molar-refractivity contribution is -0.132. The number of nitrogens with zero attached hydrogens (tertiary/aromatic N) is 4. The first-order valence-electron chi connectivity index (χ1n) is 32.5. The Morgan fingerprint density at radius 2 is 1.28 bits per heavy atom. The first-order chi connectivity index (χ1) is 47.0. The lowest BCUT2D eigenvalue weighted by atomic mass is 10.0. The van der Waals surface area contributed by atoms with Gasteiger partial charge in [0.1, 0.15) is 18.7 Å². The standard InChI is InChI=1S/C72H88N8O17/c1-8-16-51-36-54-43-74-57-41-62(60(89-6)39-55(57)69(85)78(54)44-51)95-26-15-27-96-63-42-58-56(40-61(63)90-7)70(86)79-45-52(17-9-2)37-59(79)71(87)80(58)72(88)97-46-50-20-22-53(23-21-50)76-67(83)48(5)75-68(84)66(47(3)4)77-64(81)24-28-91-30-32-93-34-35-94-33-31-92-29-25-73-65(82)38-49-18-13-11-10-12-14-19-49/h8-14,16-23,39-45,47-48,54,59,66,71,87H,15,24-38,46H2,1-7H3,(H,73,82)(H,75,84)(H,76,83)(H,77,81)/b11-10-,12-10?,13-11?,14-12-,16-8+,17-9+,18-13-,19-14?,49-18?,49-19+/t48-,54-,59?,66-,71-/m0/s1. The van der Waals surface area contributed by atoms with E-state index < -0.39 is 54.1 Å². The molecule has 5 N–H and O–H groups in total. The zero-order valence-corrected chi connectivity index (χ0v) is 56.0. The highest BCUT2D eigenvalue weighted by molar-refractivity contribution is 6.07. The third kappa shape index (κ3) is 20.7. The molecule has 0 saturated heterocycles. The van der Waals surface area contributed by atoms with E-state index in [1.54, 1.807) is 67.6 Å². The van der Waals surface area contributed by atoms with Gasteiger partial charge in [-0.1, -0.05) is 92.8 Å². The highest BCUT2D eigenvalue weighted by Crippen LogP contribution is 2.43. The van der Waals surface area contributed by atoms with Crippen molar-refractivity contribution in [3.63, 3.8) is 0 Å². The Kier molecular flexibility index (Phi) is 27.9. The summed E-state index contributed by atoms with van der Waals surface area (Å²) in [6.45, 7) is 11.6. The summed E-state index contributed by atoms with van der Waals surface area (Å²) in [6.07, 6.45) is 25.1. The molecule has 0 spiro atoms. The molecule has 0 aromatic heterocycles. The van der Waals surface area contributed by atoms with Gasteiger partial charge in [0.15, 0.2) is 29.2 Å². The molecule has 1 unspecified atom stereocenters. The van der Waals surface area contributed by atoms with E-state index in [0.29, 0.717) is 86.4 Å². The Morgan fingerprint density at radius 3 is 1.95 bits per heavy atom. The van der Waals surface area contributed by atoms with Crippen LogP contribution in [0.15, 0.2) is 149 Å². The van der Waals surface area contributed by atoms with Crippen molar-refractivity contribution in [2.45, 2.75) is 104 Å². The number of hydrogen-bond donors (Lipinski definition) is 5. The number of carbonyl (C=O) groups is 7. The topological polar surface area (TPSA) is 293 Å². The quantitative estimate of drug-likeness (QED) is 0.0346. The lowest BCUT2D eigenvalue weighted by Crippen LogP contribution is -2.53. The van der Waals surface area contributed by atoms with E-state index in [4.69, 9.17) is 42.6 Å². The molecule has 3 aromatic carbocycles. The van der Waals surface area contributed by atoms with E-state index in [9.17, 15) is 38.7 Å². The molecule has 0 radical (unpaired) electrons. The minimum atomic E-state index is -1.58. The third-order valence-corrected chi connectivity index (χ3v) is 15.9. The number of amides is 7. The largest absolute Gasteiger partial charge is 0.493 e. The molecule has 0 saturated carbocycles. The van der Waals surface area contributed by atoms with Crippen LogP contribution in [0, 0.1) is 5.92 Å². The van der Waals surface area contributed by atoms with Gasteiger partial charge in [0.25, 0.3) is 11.8 Å². The average Bonchev–Trinajstić information content (AvgIpc) is 1.64. The highest BCUT2D eigenvalue weighted by Gasteiger charge is 2.45. The molecule has 25 heteroatoms. The van der Waals surface area contributed by atoms with Crippen molar-refractivity contribution in [1.82, 2.24) is 25.8 Å². The molecule has 25 nitrogen and oxygen atoms in total. The Morgan fingerprint density at radius 1 is 0.670 bits per heavy atom. The average molecular weight is 1340 g/mol. The van der Waals surface area contributed by atoms with Crippen molar-refractivity contribution in [3.8, 4) is 23.0 Å². The minimum absolute atomic E-state index is 0.00982. The molecule has 5 atom stereocenters. The Labute approximate surface area is 565 Å². The van der Waals surface area contributed by atoms with Crippen LogP contribution in [0.1, 0.15) is 93.0 Å². The molecule has 7 amide bonds. The summed E-state index contributed by atoms with van der Waals surface area (Å²) in [6, 6.07) is 9.64. The number of carbonyl (C=O) groups excluding carboxylic acids is 7. The first-order valence-corrected chi connectivity index (χ1v) is 32.5. The summed E-state index contributed by atoms with van der Waals surface area (Å²) in [5, 5.41) is 23.2. The number of fused-ring (bicyclic) bond motifs is 4. The molecular weight excluding hydrogens is 1250 g/mol. The number of ether oxygens (including phenoxy) is 9. The van der Waals surface area contributed by atoms with Gasteiger partial charge in [0.05, 0.1) is 121 Å². The zero-order valence-electron chi connectivity index (χ0n) is 56.0. The predicted octanol–water partition coefficient (Wildman–Crippen LogP) is 8.25. The van der Waals surface area contributed by atoms with E-state index in [1.165, 1.54) is 38.2 Å².